The smallest absolute Gasteiger partial charge is 0.145 e. The summed E-state index contributed by atoms with van der Waals surface area (Å²) in [6, 6.07) is 2.73. The van der Waals surface area contributed by atoms with Crippen molar-refractivity contribution in [2.24, 2.45) is 5.92 Å². The molecule has 0 radical (unpaired) electrons. The average molecular weight is 292 g/mol. The van der Waals surface area contributed by atoms with E-state index in [-0.39, 0.29) is 5.56 Å². The number of aryl methyl sites for hydroxylation is 2. The molecular formula is C16H18F2N2O. The Bertz CT molecular complexity index is 633. The molecule has 1 saturated heterocycles. The molecule has 0 spiro atoms. The van der Waals surface area contributed by atoms with E-state index in [0.717, 1.165) is 26.1 Å². The summed E-state index contributed by atoms with van der Waals surface area (Å²) in [4.78, 5) is 4.15. The maximum atomic E-state index is 14.2. The van der Waals surface area contributed by atoms with Gasteiger partial charge in [-0.2, -0.15) is 0 Å². The van der Waals surface area contributed by atoms with Gasteiger partial charge in [0.15, 0.2) is 0 Å². The second kappa shape index (κ2) is 5.93. The lowest BCUT2D eigenvalue weighted by Gasteiger charge is -2.12. The first-order valence-corrected chi connectivity index (χ1v) is 7.20. The van der Waals surface area contributed by atoms with Crippen LogP contribution in [0.1, 0.15) is 18.4 Å². The van der Waals surface area contributed by atoms with Crippen LogP contribution in [0.2, 0.25) is 0 Å². The summed E-state index contributed by atoms with van der Waals surface area (Å²) in [5.41, 5.74) is 0.382. The van der Waals surface area contributed by atoms with Crippen molar-refractivity contribution in [3.8, 4) is 11.4 Å². The van der Waals surface area contributed by atoms with E-state index in [1.54, 1.807) is 19.3 Å². The van der Waals surface area contributed by atoms with Crippen molar-refractivity contribution in [1.29, 1.82) is 0 Å². The molecule has 0 unspecified atom stereocenters. The van der Waals surface area contributed by atoms with Crippen molar-refractivity contribution in [2.75, 3.05) is 13.2 Å². The summed E-state index contributed by atoms with van der Waals surface area (Å²) in [7, 11) is 0. The summed E-state index contributed by atoms with van der Waals surface area (Å²) >= 11 is 0. The molecule has 2 heterocycles. The highest BCUT2D eigenvalue weighted by atomic mass is 19.1. The minimum Gasteiger partial charge on any atom is -0.381 e. The summed E-state index contributed by atoms with van der Waals surface area (Å²) < 4.78 is 35.4. The van der Waals surface area contributed by atoms with Crippen LogP contribution in [-0.2, 0) is 11.3 Å². The van der Waals surface area contributed by atoms with Crippen molar-refractivity contribution in [1.82, 2.24) is 9.55 Å². The van der Waals surface area contributed by atoms with Crippen molar-refractivity contribution in [2.45, 2.75) is 26.3 Å². The normalized spacial score (nSPS) is 18.3. The third kappa shape index (κ3) is 2.83. The van der Waals surface area contributed by atoms with Gasteiger partial charge in [-0.3, -0.25) is 0 Å². The molecule has 1 aromatic carbocycles. The van der Waals surface area contributed by atoms with Gasteiger partial charge in [0.25, 0.3) is 0 Å². The standard InChI is InChI=1S/C16H18F2N2O/c1-11-2-3-13(17)14(15(11)18)16-19-6-8-20(16)7-4-12-5-9-21-10-12/h2-3,6,8,12H,4-5,7,9-10H2,1H3/t12-/m1/s1. The number of hydrogen-bond donors (Lipinski definition) is 0. The van der Waals surface area contributed by atoms with Crippen LogP contribution in [0.15, 0.2) is 24.5 Å². The maximum Gasteiger partial charge on any atom is 0.145 e. The number of halogens is 2. The van der Waals surface area contributed by atoms with Gasteiger partial charge < -0.3 is 9.30 Å². The van der Waals surface area contributed by atoms with Gasteiger partial charge in [0.1, 0.15) is 17.5 Å². The van der Waals surface area contributed by atoms with E-state index in [1.165, 1.54) is 12.1 Å². The van der Waals surface area contributed by atoms with E-state index in [9.17, 15) is 8.78 Å². The molecule has 1 atom stereocenters. The molecule has 1 fully saturated rings. The molecule has 112 valence electrons. The molecule has 3 nitrogen and oxygen atoms in total. The Morgan fingerprint density at radius 3 is 3.00 bits per heavy atom. The lowest BCUT2D eigenvalue weighted by atomic mass is 10.1. The molecule has 0 saturated carbocycles. The van der Waals surface area contributed by atoms with E-state index in [1.807, 2.05) is 4.57 Å². The average Bonchev–Trinajstić information content (AvgIpc) is 3.12. The van der Waals surface area contributed by atoms with Gasteiger partial charge in [-0.1, -0.05) is 6.07 Å². The molecule has 2 aromatic rings. The van der Waals surface area contributed by atoms with Crippen molar-refractivity contribution < 1.29 is 13.5 Å². The van der Waals surface area contributed by atoms with E-state index in [4.69, 9.17) is 4.74 Å². The number of aromatic nitrogens is 2. The fraction of sp³-hybridized carbons (Fsp3) is 0.438. The maximum absolute atomic E-state index is 14.2. The Balaban J connectivity index is 1.86. The first kappa shape index (κ1) is 14.2. The molecular weight excluding hydrogens is 274 g/mol. The highest BCUT2D eigenvalue weighted by Crippen LogP contribution is 2.27. The Hall–Kier alpha value is -1.75. The Labute approximate surface area is 122 Å². The summed E-state index contributed by atoms with van der Waals surface area (Å²) in [6.45, 7) is 3.90. The zero-order valence-electron chi connectivity index (χ0n) is 12.0. The van der Waals surface area contributed by atoms with Gasteiger partial charge in [0.2, 0.25) is 0 Å². The third-order valence-corrected chi connectivity index (χ3v) is 4.03. The van der Waals surface area contributed by atoms with Crippen molar-refractivity contribution in [3.63, 3.8) is 0 Å². The van der Waals surface area contributed by atoms with E-state index in [0.29, 0.717) is 23.9 Å². The molecule has 0 N–H and O–H groups in total. The van der Waals surface area contributed by atoms with Crippen LogP contribution in [-0.4, -0.2) is 22.8 Å². The molecule has 21 heavy (non-hydrogen) atoms. The third-order valence-electron chi connectivity index (χ3n) is 4.03. The van der Waals surface area contributed by atoms with Crippen LogP contribution < -0.4 is 0 Å². The highest BCUT2D eigenvalue weighted by molar-refractivity contribution is 5.59. The molecule has 3 rings (SSSR count). The molecule has 1 aliphatic heterocycles. The predicted molar refractivity (Wildman–Crippen MR) is 75.9 cm³/mol. The quantitative estimate of drug-likeness (QED) is 0.861. The summed E-state index contributed by atoms with van der Waals surface area (Å²) in [5.74, 6) is -0.235. The molecule has 0 aliphatic carbocycles. The minimum atomic E-state index is -0.574. The van der Waals surface area contributed by atoms with Crippen LogP contribution in [0, 0.1) is 24.5 Å². The van der Waals surface area contributed by atoms with Crippen molar-refractivity contribution >= 4 is 0 Å². The number of hydrogen-bond acceptors (Lipinski definition) is 2. The zero-order valence-corrected chi connectivity index (χ0v) is 12.0. The van der Waals surface area contributed by atoms with Gasteiger partial charge >= 0.3 is 0 Å². The van der Waals surface area contributed by atoms with Crippen LogP contribution >= 0.6 is 0 Å². The van der Waals surface area contributed by atoms with Gasteiger partial charge in [0, 0.05) is 32.2 Å². The number of benzene rings is 1. The first-order valence-electron chi connectivity index (χ1n) is 7.20. The summed E-state index contributed by atoms with van der Waals surface area (Å²) in [5, 5.41) is 0. The SMILES string of the molecule is Cc1ccc(F)c(-c2nccn2CC[C@@H]2CCOC2)c1F. The molecule has 1 aromatic heterocycles. The van der Waals surface area contributed by atoms with Gasteiger partial charge in [-0.15, -0.1) is 0 Å². The van der Waals surface area contributed by atoms with E-state index >= 15 is 0 Å². The lowest BCUT2D eigenvalue weighted by molar-refractivity contribution is 0.183. The predicted octanol–water partition coefficient (Wildman–Crippen LogP) is 3.56. The van der Waals surface area contributed by atoms with Gasteiger partial charge in [0.05, 0.1) is 5.56 Å². The van der Waals surface area contributed by atoms with Crippen LogP contribution in [0.3, 0.4) is 0 Å². The largest absolute Gasteiger partial charge is 0.381 e. The Morgan fingerprint density at radius 1 is 1.38 bits per heavy atom. The highest BCUT2D eigenvalue weighted by Gasteiger charge is 2.20. The number of ether oxygens (including phenoxy) is 1. The molecule has 0 amide bonds. The zero-order chi connectivity index (χ0) is 14.8. The number of rotatable bonds is 4. The van der Waals surface area contributed by atoms with Crippen LogP contribution in [0.5, 0.6) is 0 Å². The number of imidazole rings is 1. The lowest BCUT2D eigenvalue weighted by Crippen LogP contribution is -2.08. The molecule has 5 heteroatoms. The molecule has 1 aliphatic rings. The molecule has 0 bridgehead atoms. The first-order chi connectivity index (χ1) is 10.2. The van der Waals surface area contributed by atoms with E-state index in [2.05, 4.69) is 4.98 Å². The fourth-order valence-corrected chi connectivity index (χ4v) is 2.71. The van der Waals surface area contributed by atoms with Gasteiger partial charge in [-0.05, 0) is 37.3 Å². The Kier molecular flexibility index (Phi) is 4.01. The monoisotopic (exact) mass is 292 g/mol. The second-order valence-corrected chi connectivity index (χ2v) is 5.52. The second-order valence-electron chi connectivity index (χ2n) is 5.52. The fourth-order valence-electron chi connectivity index (χ4n) is 2.71. The Morgan fingerprint density at radius 2 is 2.24 bits per heavy atom. The minimum absolute atomic E-state index is 0.0392. The van der Waals surface area contributed by atoms with Crippen LogP contribution in [0.25, 0.3) is 11.4 Å². The number of nitrogens with zero attached hydrogens (tertiary/aromatic N) is 2. The van der Waals surface area contributed by atoms with Crippen molar-refractivity contribution in [3.05, 3.63) is 41.7 Å². The topological polar surface area (TPSA) is 27.1 Å². The summed E-state index contributed by atoms with van der Waals surface area (Å²) in [6.07, 6.45) is 5.34. The van der Waals surface area contributed by atoms with Gasteiger partial charge in [-0.25, -0.2) is 13.8 Å². The van der Waals surface area contributed by atoms with E-state index < -0.39 is 11.6 Å². The van der Waals surface area contributed by atoms with Crippen LogP contribution in [0.4, 0.5) is 8.78 Å².